The van der Waals surface area contributed by atoms with Crippen LogP contribution in [0.3, 0.4) is 0 Å². The molecular formula is C19H30N2O. The zero-order chi connectivity index (χ0) is 15.8. The van der Waals surface area contributed by atoms with Gasteiger partial charge in [0, 0.05) is 18.7 Å². The summed E-state index contributed by atoms with van der Waals surface area (Å²) in [6.07, 6.45) is 8.92. The Hall–Kier alpha value is -1.32. The quantitative estimate of drug-likeness (QED) is 0.585. The highest BCUT2D eigenvalue weighted by Gasteiger charge is 2.06. The SMILES string of the molecule is COc1cc(CN(C)C)ccc1CNCCC1=CCCCC1. The number of hydrogen-bond donors (Lipinski definition) is 1. The topological polar surface area (TPSA) is 24.5 Å². The Morgan fingerprint density at radius 1 is 1.23 bits per heavy atom. The molecule has 122 valence electrons. The summed E-state index contributed by atoms with van der Waals surface area (Å²) in [7, 11) is 5.93. The van der Waals surface area contributed by atoms with Gasteiger partial charge in [-0.25, -0.2) is 0 Å². The van der Waals surface area contributed by atoms with Crippen molar-refractivity contribution in [2.75, 3.05) is 27.7 Å². The molecular weight excluding hydrogens is 272 g/mol. The summed E-state index contributed by atoms with van der Waals surface area (Å²) in [6, 6.07) is 6.54. The van der Waals surface area contributed by atoms with Crippen LogP contribution in [0.15, 0.2) is 29.8 Å². The van der Waals surface area contributed by atoms with Gasteiger partial charge in [0.25, 0.3) is 0 Å². The van der Waals surface area contributed by atoms with Gasteiger partial charge in [0.15, 0.2) is 0 Å². The molecule has 1 aliphatic carbocycles. The molecule has 0 amide bonds. The van der Waals surface area contributed by atoms with Crippen LogP contribution in [0.2, 0.25) is 0 Å². The highest BCUT2D eigenvalue weighted by molar-refractivity contribution is 5.37. The maximum absolute atomic E-state index is 5.54. The van der Waals surface area contributed by atoms with Gasteiger partial charge in [-0.3, -0.25) is 0 Å². The number of allylic oxidation sites excluding steroid dienone is 1. The third kappa shape index (κ3) is 5.47. The Bertz CT molecular complexity index is 494. The van der Waals surface area contributed by atoms with Gasteiger partial charge in [0.05, 0.1) is 7.11 Å². The Morgan fingerprint density at radius 2 is 2.09 bits per heavy atom. The Labute approximate surface area is 135 Å². The van der Waals surface area contributed by atoms with Crippen molar-refractivity contribution in [3.63, 3.8) is 0 Å². The summed E-state index contributed by atoms with van der Waals surface area (Å²) < 4.78 is 5.54. The molecule has 0 radical (unpaired) electrons. The Kier molecular flexibility index (Phi) is 6.94. The number of ether oxygens (including phenoxy) is 1. The number of nitrogens with one attached hydrogen (secondary N) is 1. The van der Waals surface area contributed by atoms with Crippen molar-refractivity contribution in [2.45, 2.75) is 45.2 Å². The summed E-state index contributed by atoms with van der Waals surface area (Å²) in [4.78, 5) is 2.17. The number of rotatable bonds is 8. The summed E-state index contributed by atoms with van der Waals surface area (Å²) in [5, 5.41) is 3.55. The summed E-state index contributed by atoms with van der Waals surface area (Å²) in [5.41, 5.74) is 4.16. The first-order valence-electron chi connectivity index (χ1n) is 8.38. The zero-order valence-electron chi connectivity index (χ0n) is 14.3. The van der Waals surface area contributed by atoms with Crippen molar-refractivity contribution >= 4 is 0 Å². The summed E-state index contributed by atoms with van der Waals surface area (Å²) >= 11 is 0. The fraction of sp³-hybridized carbons (Fsp3) is 0.579. The average molecular weight is 302 g/mol. The van der Waals surface area contributed by atoms with Gasteiger partial charge in [-0.2, -0.15) is 0 Å². The molecule has 3 nitrogen and oxygen atoms in total. The standard InChI is InChI=1S/C19H30N2O/c1-21(2)15-17-9-10-18(19(13-17)22-3)14-20-12-11-16-7-5-4-6-8-16/h7,9-10,13,20H,4-6,8,11-12,14-15H2,1-3H3. The van der Waals surface area contributed by atoms with E-state index < -0.39 is 0 Å². The van der Waals surface area contributed by atoms with Crippen molar-refractivity contribution in [1.82, 2.24) is 10.2 Å². The van der Waals surface area contributed by atoms with Gasteiger partial charge in [-0.05, 0) is 64.4 Å². The van der Waals surface area contributed by atoms with Crippen LogP contribution in [0.1, 0.15) is 43.2 Å². The smallest absolute Gasteiger partial charge is 0.123 e. The van der Waals surface area contributed by atoms with Gasteiger partial charge in [-0.15, -0.1) is 0 Å². The third-order valence-corrected chi connectivity index (χ3v) is 4.17. The number of methoxy groups -OCH3 is 1. The minimum atomic E-state index is 0.874. The summed E-state index contributed by atoms with van der Waals surface area (Å²) in [5.74, 6) is 0.990. The maximum Gasteiger partial charge on any atom is 0.123 e. The third-order valence-electron chi connectivity index (χ3n) is 4.17. The summed E-state index contributed by atoms with van der Waals surface area (Å²) in [6.45, 7) is 2.87. The van der Waals surface area contributed by atoms with Crippen molar-refractivity contribution in [1.29, 1.82) is 0 Å². The molecule has 1 N–H and O–H groups in total. The molecule has 0 bridgehead atoms. The highest BCUT2D eigenvalue weighted by atomic mass is 16.5. The van der Waals surface area contributed by atoms with Crippen LogP contribution in [-0.2, 0) is 13.1 Å². The zero-order valence-corrected chi connectivity index (χ0v) is 14.3. The molecule has 1 aliphatic rings. The van der Waals surface area contributed by atoms with Crippen molar-refractivity contribution < 1.29 is 4.74 Å². The fourth-order valence-electron chi connectivity index (χ4n) is 3.00. The highest BCUT2D eigenvalue weighted by Crippen LogP contribution is 2.22. The molecule has 0 unspecified atom stereocenters. The lowest BCUT2D eigenvalue weighted by Gasteiger charge is -2.15. The molecule has 22 heavy (non-hydrogen) atoms. The van der Waals surface area contributed by atoms with Gasteiger partial charge in [-0.1, -0.05) is 23.8 Å². The average Bonchev–Trinajstić information content (AvgIpc) is 2.53. The van der Waals surface area contributed by atoms with Crippen molar-refractivity contribution in [3.05, 3.63) is 41.0 Å². The van der Waals surface area contributed by atoms with E-state index in [1.807, 2.05) is 0 Å². The van der Waals surface area contributed by atoms with Gasteiger partial charge < -0.3 is 15.0 Å². The van der Waals surface area contributed by atoms with Crippen molar-refractivity contribution in [2.24, 2.45) is 0 Å². The molecule has 0 atom stereocenters. The Morgan fingerprint density at radius 3 is 2.77 bits per heavy atom. The second-order valence-electron chi connectivity index (χ2n) is 6.42. The van der Waals surface area contributed by atoms with E-state index in [0.29, 0.717) is 0 Å². The van der Waals surface area contributed by atoms with Crippen LogP contribution in [0.25, 0.3) is 0 Å². The molecule has 0 saturated carbocycles. The van der Waals surface area contributed by atoms with Gasteiger partial charge in [0.2, 0.25) is 0 Å². The molecule has 1 aromatic carbocycles. The molecule has 1 aromatic rings. The minimum Gasteiger partial charge on any atom is -0.496 e. The second-order valence-corrected chi connectivity index (χ2v) is 6.42. The lowest BCUT2D eigenvalue weighted by molar-refractivity contribution is 0.392. The predicted octanol–water partition coefficient (Wildman–Crippen LogP) is 3.74. The van der Waals surface area contributed by atoms with E-state index >= 15 is 0 Å². The first kappa shape index (κ1) is 17.0. The van der Waals surface area contributed by atoms with Gasteiger partial charge in [0.1, 0.15) is 5.75 Å². The van der Waals surface area contributed by atoms with E-state index in [0.717, 1.165) is 25.4 Å². The van der Waals surface area contributed by atoms with E-state index in [4.69, 9.17) is 4.74 Å². The lowest BCUT2D eigenvalue weighted by atomic mass is 9.97. The van der Waals surface area contributed by atoms with Crippen LogP contribution in [0, 0.1) is 0 Å². The minimum absolute atomic E-state index is 0.874. The molecule has 0 spiro atoms. The van der Waals surface area contributed by atoms with Crippen LogP contribution in [0.4, 0.5) is 0 Å². The Balaban J connectivity index is 1.82. The van der Waals surface area contributed by atoms with E-state index in [9.17, 15) is 0 Å². The first-order chi connectivity index (χ1) is 10.7. The van der Waals surface area contributed by atoms with E-state index in [2.05, 4.69) is 48.6 Å². The largest absolute Gasteiger partial charge is 0.496 e. The molecule has 0 heterocycles. The van der Waals surface area contributed by atoms with E-state index in [1.54, 1.807) is 12.7 Å². The molecule has 0 aliphatic heterocycles. The van der Waals surface area contributed by atoms with Crippen LogP contribution >= 0.6 is 0 Å². The number of hydrogen-bond acceptors (Lipinski definition) is 3. The molecule has 0 fully saturated rings. The molecule has 0 saturated heterocycles. The normalized spacial score (nSPS) is 15.0. The maximum atomic E-state index is 5.54. The predicted molar refractivity (Wildman–Crippen MR) is 93.3 cm³/mol. The second kappa shape index (κ2) is 8.96. The fourth-order valence-corrected chi connectivity index (χ4v) is 3.00. The monoisotopic (exact) mass is 302 g/mol. The van der Waals surface area contributed by atoms with Gasteiger partial charge >= 0.3 is 0 Å². The lowest BCUT2D eigenvalue weighted by Crippen LogP contribution is -2.16. The van der Waals surface area contributed by atoms with Crippen LogP contribution in [-0.4, -0.2) is 32.6 Å². The van der Waals surface area contributed by atoms with Crippen LogP contribution < -0.4 is 10.1 Å². The van der Waals surface area contributed by atoms with E-state index in [-0.39, 0.29) is 0 Å². The first-order valence-corrected chi connectivity index (χ1v) is 8.38. The number of nitrogens with zero attached hydrogens (tertiary/aromatic N) is 1. The molecule has 3 heteroatoms. The van der Waals surface area contributed by atoms with Crippen LogP contribution in [0.5, 0.6) is 5.75 Å². The number of benzene rings is 1. The molecule has 2 rings (SSSR count). The van der Waals surface area contributed by atoms with E-state index in [1.165, 1.54) is 43.2 Å². The van der Waals surface area contributed by atoms with Crippen molar-refractivity contribution in [3.8, 4) is 5.75 Å². The molecule has 0 aromatic heterocycles.